The van der Waals surface area contributed by atoms with Gasteiger partial charge in [-0.1, -0.05) is 27.2 Å². The van der Waals surface area contributed by atoms with Gasteiger partial charge in [-0.2, -0.15) is 0 Å². The number of unbranched alkanes of at least 4 members (excludes halogenated alkanes) is 1. The van der Waals surface area contributed by atoms with E-state index in [4.69, 9.17) is 9.47 Å². The first-order valence-electron chi connectivity index (χ1n) is 8.40. The monoisotopic (exact) mass is 339 g/mol. The molecule has 0 fully saturated rings. The molecule has 136 valence electrons. The fourth-order valence-corrected chi connectivity index (χ4v) is 2.93. The van der Waals surface area contributed by atoms with Crippen LogP contribution in [0.3, 0.4) is 0 Å². The lowest BCUT2D eigenvalue weighted by Gasteiger charge is -2.33. The second-order valence-electron chi connectivity index (χ2n) is 6.98. The van der Waals surface area contributed by atoms with Crippen LogP contribution in [0.1, 0.15) is 52.9 Å². The Labute approximate surface area is 144 Å². The van der Waals surface area contributed by atoms with Crippen LogP contribution in [0.15, 0.2) is 11.3 Å². The number of nitrogens with one attached hydrogen (secondary N) is 1. The number of hydrogen-bond donors (Lipinski definition) is 1. The average Bonchev–Trinajstić information content (AvgIpc) is 2.52. The van der Waals surface area contributed by atoms with E-state index in [1.165, 1.54) is 14.2 Å². The molecular formula is C18H29NO5. The number of hydrogen-bond acceptors (Lipinski definition) is 6. The highest BCUT2D eigenvalue weighted by Crippen LogP contribution is 2.38. The predicted octanol–water partition coefficient (Wildman–Crippen LogP) is 2.37. The van der Waals surface area contributed by atoms with Gasteiger partial charge < -0.3 is 14.8 Å². The van der Waals surface area contributed by atoms with Gasteiger partial charge in [-0.15, -0.1) is 0 Å². The van der Waals surface area contributed by atoms with Crippen LogP contribution >= 0.6 is 0 Å². The molecule has 1 aliphatic rings. The van der Waals surface area contributed by atoms with E-state index in [0.717, 1.165) is 25.1 Å². The Morgan fingerprint density at radius 3 is 2.25 bits per heavy atom. The molecule has 0 aliphatic heterocycles. The summed E-state index contributed by atoms with van der Waals surface area (Å²) in [5.74, 6) is -2.49. The van der Waals surface area contributed by atoms with Crippen molar-refractivity contribution in [1.29, 1.82) is 0 Å². The van der Waals surface area contributed by atoms with Crippen LogP contribution in [0.4, 0.5) is 0 Å². The van der Waals surface area contributed by atoms with Crippen molar-refractivity contribution in [3.05, 3.63) is 11.3 Å². The Hall–Kier alpha value is -1.85. The molecule has 0 heterocycles. The Morgan fingerprint density at radius 1 is 1.17 bits per heavy atom. The highest BCUT2D eigenvalue weighted by atomic mass is 16.5. The average molecular weight is 339 g/mol. The van der Waals surface area contributed by atoms with Crippen LogP contribution in [0, 0.1) is 11.3 Å². The second kappa shape index (κ2) is 8.85. The van der Waals surface area contributed by atoms with Crippen molar-refractivity contribution in [3.63, 3.8) is 0 Å². The van der Waals surface area contributed by atoms with Gasteiger partial charge in [0, 0.05) is 30.7 Å². The topological polar surface area (TPSA) is 81.7 Å². The molecule has 0 aromatic carbocycles. The summed E-state index contributed by atoms with van der Waals surface area (Å²) in [5, 5.41) is 3.33. The fraction of sp³-hybridized carbons (Fsp3) is 0.722. The first-order valence-corrected chi connectivity index (χ1v) is 8.40. The fourth-order valence-electron chi connectivity index (χ4n) is 2.93. The Morgan fingerprint density at radius 2 is 1.75 bits per heavy atom. The summed E-state index contributed by atoms with van der Waals surface area (Å²) in [4.78, 5) is 36.4. The molecule has 1 aliphatic carbocycles. The number of carbonyl (C=O) groups is 3. The van der Waals surface area contributed by atoms with Crippen molar-refractivity contribution >= 4 is 17.7 Å². The lowest BCUT2D eigenvalue weighted by Crippen LogP contribution is -2.35. The Balaban J connectivity index is 3.11. The molecule has 0 amide bonds. The van der Waals surface area contributed by atoms with Gasteiger partial charge in [0.05, 0.1) is 14.2 Å². The van der Waals surface area contributed by atoms with Crippen LogP contribution in [-0.2, 0) is 23.9 Å². The molecule has 6 heteroatoms. The first kappa shape index (κ1) is 20.2. The Bertz CT molecular complexity index is 506. The first-order chi connectivity index (χ1) is 11.3. The largest absolute Gasteiger partial charge is 0.468 e. The van der Waals surface area contributed by atoms with Gasteiger partial charge in [-0.3, -0.25) is 14.4 Å². The lowest BCUT2D eigenvalue weighted by molar-refractivity contribution is -0.158. The number of rotatable bonds is 8. The molecule has 1 N–H and O–H groups in total. The maximum atomic E-state index is 12.6. The van der Waals surface area contributed by atoms with Crippen molar-refractivity contribution in [1.82, 2.24) is 5.32 Å². The van der Waals surface area contributed by atoms with Crippen molar-refractivity contribution in [2.24, 2.45) is 11.3 Å². The standard InChI is InChI=1S/C18H29NO5/c1-6-7-8-19-14-10-18(2,3)11-15(20)12(14)9-13(16(21)23-4)17(22)24-5/h13,19H,6-11H2,1-5H3. The van der Waals surface area contributed by atoms with Crippen LogP contribution in [0.5, 0.6) is 0 Å². The zero-order chi connectivity index (χ0) is 18.3. The number of Topliss-reactive ketones (excluding diaryl/α,β-unsaturated/α-hetero) is 1. The van der Waals surface area contributed by atoms with Crippen LogP contribution in [0.2, 0.25) is 0 Å². The van der Waals surface area contributed by atoms with Crippen LogP contribution < -0.4 is 5.32 Å². The lowest BCUT2D eigenvalue weighted by atomic mass is 9.74. The van der Waals surface area contributed by atoms with Crippen molar-refractivity contribution in [3.8, 4) is 0 Å². The van der Waals surface area contributed by atoms with E-state index >= 15 is 0 Å². The minimum atomic E-state index is -1.11. The molecular weight excluding hydrogens is 310 g/mol. The van der Waals surface area contributed by atoms with Crippen molar-refractivity contribution in [2.75, 3.05) is 20.8 Å². The zero-order valence-corrected chi connectivity index (χ0v) is 15.4. The molecule has 6 nitrogen and oxygen atoms in total. The van der Waals surface area contributed by atoms with Crippen LogP contribution in [0.25, 0.3) is 0 Å². The molecule has 0 saturated carbocycles. The van der Waals surface area contributed by atoms with Crippen LogP contribution in [-0.4, -0.2) is 38.5 Å². The van der Waals surface area contributed by atoms with E-state index in [-0.39, 0.29) is 17.6 Å². The summed E-state index contributed by atoms with van der Waals surface area (Å²) >= 11 is 0. The number of ether oxygens (including phenoxy) is 2. The third kappa shape index (κ3) is 5.35. The number of ketones is 1. The zero-order valence-electron chi connectivity index (χ0n) is 15.4. The number of esters is 2. The normalized spacial score (nSPS) is 17.0. The summed E-state index contributed by atoms with van der Waals surface area (Å²) in [6.07, 6.45) is 3.16. The molecule has 0 aromatic heterocycles. The maximum absolute atomic E-state index is 12.6. The predicted molar refractivity (Wildman–Crippen MR) is 90.1 cm³/mol. The third-order valence-corrected chi connectivity index (χ3v) is 4.24. The molecule has 24 heavy (non-hydrogen) atoms. The molecule has 0 bridgehead atoms. The van der Waals surface area contributed by atoms with Gasteiger partial charge in [-0.25, -0.2) is 0 Å². The van der Waals surface area contributed by atoms with Gasteiger partial charge in [0.1, 0.15) is 0 Å². The molecule has 0 radical (unpaired) electrons. The number of allylic oxidation sites excluding steroid dienone is 2. The van der Waals surface area contributed by atoms with E-state index in [0.29, 0.717) is 18.4 Å². The van der Waals surface area contributed by atoms with Gasteiger partial charge in [0.2, 0.25) is 0 Å². The molecule has 0 unspecified atom stereocenters. The van der Waals surface area contributed by atoms with Gasteiger partial charge in [0.15, 0.2) is 11.7 Å². The highest BCUT2D eigenvalue weighted by Gasteiger charge is 2.37. The summed E-state index contributed by atoms with van der Waals surface area (Å²) in [6, 6.07) is 0. The third-order valence-electron chi connectivity index (χ3n) is 4.24. The molecule has 0 spiro atoms. The van der Waals surface area contributed by atoms with Crippen molar-refractivity contribution < 1.29 is 23.9 Å². The van der Waals surface area contributed by atoms with E-state index in [9.17, 15) is 14.4 Å². The van der Waals surface area contributed by atoms with Gasteiger partial charge in [-0.05, 0) is 18.3 Å². The molecule has 0 atom stereocenters. The second-order valence-corrected chi connectivity index (χ2v) is 6.98. The number of methoxy groups -OCH3 is 2. The number of carbonyl (C=O) groups excluding carboxylic acids is 3. The Kier molecular flexibility index (Phi) is 7.45. The quantitative estimate of drug-likeness (QED) is 0.415. The minimum Gasteiger partial charge on any atom is -0.468 e. The van der Waals surface area contributed by atoms with Gasteiger partial charge in [0.25, 0.3) is 0 Å². The smallest absolute Gasteiger partial charge is 0.320 e. The van der Waals surface area contributed by atoms with E-state index < -0.39 is 17.9 Å². The molecule has 0 aromatic rings. The summed E-state index contributed by atoms with van der Waals surface area (Å²) in [6.45, 7) is 6.94. The molecule has 0 saturated heterocycles. The maximum Gasteiger partial charge on any atom is 0.320 e. The van der Waals surface area contributed by atoms with E-state index in [1.54, 1.807) is 0 Å². The summed E-state index contributed by atoms with van der Waals surface area (Å²) in [5.41, 5.74) is 1.22. The minimum absolute atomic E-state index is 0.0166. The SMILES string of the molecule is CCCCNC1=C(CC(C(=O)OC)C(=O)OC)C(=O)CC(C)(C)C1. The van der Waals surface area contributed by atoms with Gasteiger partial charge >= 0.3 is 11.9 Å². The van der Waals surface area contributed by atoms with Crippen molar-refractivity contribution in [2.45, 2.75) is 52.9 Å². The highest BCUT2D eigenvalue weighted by molar-refractivity contribution is 6.01. The van der Waals surface area contributed by atoms with E-state index in [1.807, 2.05) is 13.8 Å². The summed E-state index contributed by atoms with van der Waals surface area (Å²) in [7, 11) is 2.44. The summed E-state index contributed by atoms with van der Waals surface area (Å²) < 4.78 is 9.39. The van der Waals surface area contributed by atoms with E-state index in [2.05, 4.69) is 12.2 Å². The molecule has 1 rings (SSSR count).